The molecule has 2 aromatic rings. The van der Waals surface area contributed by atoms with E-state index in [0.29, 0.717) is 25.0 Å². The van der Waals surface area contributed by atoms with Gasteiger partial charge in [-0.3, -0.25) is 4.79 Å². The van der Waals surface area contributed by atoms with E-state index < -0.39 is 0 Å². The van der Waals surface area contributed by atoms with Crippen molar-refractivity contribution >= 4 is 11.9 Å². The lowest BCUT2D eigenvalue weighted by Crippen LogP contribution is -2.43. The van der Waals surface area contributed by atoms with Crippen LogP contribution in [-0.4, -0.2) is 51.3 Å². The molecule has 152 valence electrons. The summed E-state index contributed by atoms with van der Waals surface area (Å²) in [5.41, 5.74) is 0.845. The van der Waals surface area contributed by atoms with Crippen LogP contribution in [0.4, 0.5) is 5.95 Å². The predicted molar refractivity (Wildman–Crippen MR) is 109 cm³/mol. The van der Waals surface area contributed by atoms with E-state index in [2.05, 4.69) is 31.5 Å². The summed E-state index contributed by atoms with van der Waals surface area (Å²) in [6.45, 7) is 3.39. The Labute approximate surface area is 166 Å². The van der Waals surface area contributed by atoms with Crippen LogP contribution in [0.2, 0.25) is 0 Å². The summed E-state index contributed by atoms with van der Waals surface area (Å²) >= 11 is 0. The molecule has 0 radical (unpaired) electrons. The van der Waals surface area contributed by atoms with Crippen LogP contribution in [0.3, 0.4) is 0 Å². The van der Waals surface area contributed by atoms with Crippen LogP contribution in [0.15, 0.2) is 30.3 Å². The van der Waals surface area contributed by atoms with Gasteiger partial charge in [0.25, 0.3) is 0 Å². The summed E-state index contributed by atoms with van der Waals surface area (Å²) in [7, 11) is 0. The molecule has 8 nitrogen and oxygen atoms in total. The number of hydrogen-bond acceptors (Lipinski definition) is 6. The summed E-state index contributed by atoms with van der Waals surface area (Å²) in [6.07, 6.45) is 8.44. The molecule has 1 atom stereocenters. The van der Waals surface area contributed by atoms with Gasteiger partial charge in [-0.1, -0.05) is 55.9 Å². The van der Waals surface area contributed by atoms with E-state index in [9.17, 15) is 4.79 Å². The number of nitrogens with one attached hydrogen (secondary N) is 3. The fraction of sp³-hybridized carbons (Fsp3) is 0.600. The van der Waals surface area contributed by atoms with E-state index in [1.54, 1.807) is 4.68 Å². The first-order valence-corrected chi connectivity index (χ1v) is 10.4. The maximum absolute atomic E-state index is 12.6. The summed E-state index contributed by atoms with van der Waals surface area (Å²) in [5.74, 6) is 0.428. The molecule has 1 aromatic carbocycles. The fourth-order valence-corrected chi connectivity index (χ4v) is 3.60. The molecule has 8 heteroatoms. The normalized spacial score (nSPS) is 16.3. The third-order valence-corrected chi connectivity index (χ3v) is 5.21. The molecule has 3 N–H and O–H groups in total. The van der Waals surface area contributed by atoms with Gasteiger partial charge in [0.1, 0.15) is 6.04 Å². The zero-order valence-corrected chi connectivity index (χ0v) is 16.6. The van der Waals surface area contributed by atoms with Gasteiger partial charge in [-0.05, 0) is 41.8 Å². The number of carbonyl (C=O) groups is 1. The topological polar surface area (TPSA) is 96.8 Å². The number of tetrazole rings is 1. The number of nitrogens with zero attached hydrogens (tertiary/aromatic N) is 4. The van der Waals surface area contributed by atoms with Crippen LogP contribution < -0.4 is 16.0 Å². The van der Waals surface area contributed by atoms with Crippen LogP contribution >= 0.6 is 0 Å². The van der Waals surface area contributed by atoms with Crippen molar-refractivity contribution in [3.05, 3.63) is 30.3 Å². The van der Waals surface area contributed by atoms with Gasteiger partial charge >= 0.3 is 0 Å². The quantitative estimate of drug-likeness (QED) is 0.453. The van der Waals surface area contributed by atoms with Gasteiger partial charge in [-0.2, -0.15) is 4.68 Å². The van der Waals surface area contributed by atoms with E-state index in [4.69, 9.17) is 0 Å². The second-order valence-electron chi connectivity index (χ2n) is 7.29. The third-order valence-electron chi connectivity index (χ3n) is 5.21. The van der Waals surface area contributed by atoms with E-state index >= 15 is 0 Å². The Morgan fingerprint density at radius 1 is 1.14 bits per heavy atom. The second kappa shape index (κ2) is 10.8. The van der Waals surface area contributed by atoms with Crippen molar-refractivity contribution in [2.45, 2.75) is 64.0 Å². The van der Waals surface area contributed by atoms with Crippen LogP contribution in [0.25, 0.3) is 5.69 Å². The molecule has 1 unspecified atom stereocenters. The van der Waals surface area contributed by atoms with Crippen molar-refractivity contribution < 1.29 is 4.79 Å². The van der Waals surface area contributed by atoms with Crippen LogP contribution in [0.5, 0.6) is 0 Å². The first-order chi connectivity index (χ1) is 13.8. The Bertz CT molecular complexity index is 710. The van der Waals surface area contributed by atoms with Crippen molar-refractivity contribution in [1.82, 2.24) is 30.8 Å². The number of aromatic nitrogens is 4. The van der Waals surface area contributed by atoms with Gasteiger partial charge in [0.2, 0.25) is 11.9 Å². The highest BCUT2D eigenvalue weighted by atomic mass is 16.2. The van der Waals surface area contributed by atoms with Gasteiger partial charge < -0.3 is 16.0 Å². The van der Waals surface area contributed by atoms with Crippen LogP contribution in [0, 0.1) is 0 Å². The minimum Gasteiger partial charge on any atom is -0.353 e. The monoisotopic (exact) mass is 385 g/mol. The summed E-state index contributed by atoms with van der Waals surface area (Å²) in [6, 6.07) is 9.83. The summed E-state index contributed by atoms with van der Waals surface area (Å²) < 4.78 is 1.60. The van der Waals surface area contributed by atoms with Crippen molar-refractivity contribution in [3.8, 4) is 5.69 Å². The number of para-hydroxylation sites is 1. The second-order valence-corrected chi connectivity index (χ2v) is 7.29. The summed E-state index contributed by atoms with van der Waals surface area (Å²) in [5, 5.41) is 21.6. The standard InChI is InChI=1S/C20H31N7O/c1-2-18(19(28)22-15-14-21-16-10-6-3-4-7-11-16)23-20-24-25-26-27(20)17-12-8-5-9-13-17/h5,8-9,12-13,16,18,21H,2-4,6-7,10-11,14-15H2,1H3,(H,22,28)(H,23,24,26). The highest BCUT2D eigenvalue weighted by Gasteiger charge is 2.19. The minimum absolute atomic E-state index is 0.0345. The molecule has 1 saturated carbocycles. The minimum atomic E-state index is -0.383. The molecule has 1 aliphatic rings. The molecule has 0 saturated heterocycles. The maximum Gasteiger partial charge on any atom is 0.248 e. The third kappa shape index (κ3) is 5.76. The maximum atomic E-state index is 12.6. The lowest BCUT2D eigenvalue weighted by molar-refractivity contribution is -0.121. The number of amides is 1. The van der Waals surface area contributed by atoms with Gasteiger partial charge in [-0.15, -0.1) is 0 Å². The molecule has 1 heterocycles. The van der Waals surface area contributed by atoms with E-state index in [1.807, 2.05) is 37.3 Å². The highest BCUT2D eigenvalue weighted by Crippen LogP contribution is 2.17. The van der Waals surface area contributed by atoms with Crippen LogP contribution in [0.1, 0.15) is 51.9 Å². The molecule has 1 amide bonds. The Hall–Kier alpha value is -2.48. The number of benzene rings is 1. The fourth-order valence-electron chi connectivity index (χ4n) is 3.60. The molecule has 0 bridgehead atoms. The zero-order valence-electron chi connectivity index (χ0n) is 16.6. The smallest absolute Gasteiger partial charge is 0.248 e. The average Bonchev–Trinajstić information content (AvgIpc) is 3.04. The zero-order chi connectivity index (χ0) is 19.6. The number of rotatable bonds is 9. The van der Waals surface area contributed by atoms with Crippen LogP contribution in [-0.2, 0) is 4.79 Å². The highest BCUT2D eigenvalue weighted by molar-refractivity contribution is 5.84. The largest absolute Gasteiger partial charge is 0.353 e. The molecular formula is C20H31N7O. The van der Waals surface area contributed by atoms with Crippen molar-refractivity contribution in [2.24, 2.45) is 0 Å². The first-order valence-electron chi connectivity index (χ1n) is 10.4. The average molecular weight is 386 g/mol. The Morgan fingerprint density at radius 2 is 1.89 bits per heavy atom. The van der Waals surface area contributed by atoms with Gasteiger partial charge in [-0.25, -0.2) is 0 Å². The molecule has 0 aliphatic heterocycles. The molecule has 1 aliphatic carbocycles. The molecular weight excluding hydrogens is 354 g/mol. The lowest BCUT2D eigenvalue weighted by atomic mass is 10.1. The molecule has 3 rings (SSSR count). The Morgan fingerprint density at radius 3 is 2.61 bits per heavy atom. The van der Waals surface area contributed by atoms with Gasteiger partial charge in [0, 0.05) is 19.1 Å². The number of hydrogen-bond donors (Lipinski definition) is 3. The number of carbonyl (C=O) groups excluding carboxylic acids is 1. The molecule has 1 aromatic heterocycles. The molecule has 0 spiro atoms. The van der Waals surface area contributed by atoms with Crippen molar-refractivity contribution in [2.75, 3.05) is 18.4 Å². The summed E-state index contributed by atoms with van der Waals surface area (Å²) in [4.78, 5) is 12.6. The Kier molecular flexibility index (Phi) is 7.78. The van der Waals surface area contributed by atoms with E-state index in [0.717, 1.165) is 12.2 Å². The SMILES string of the molecule is CCC(Nc1nnnn1-c1ccccc1)C(=O)NCCNC1CCCCCC1. The Balaban J connectivity index is 1.47. The molecule has 1 fully saturated rings. The van der Waals surface area contributed by atoms with Gasteiger partial charge in [0.15, 0.2) is 0 Å². The first kappa shape index (κ1) is 20.3. The number of anilines is 1. The lowest BCUT2D eigenvalue weighted by Gasteiger charge is -2.19. The van der Waals surface area contributed by atoms with E-state index in [-0.39, 0.29) is 11.9 Å². The predicted octanol–water partition coefficient (Wildman–Crippen LogP) is 2.28. The van der Waals surface area contributed by atoms with Crippen molar-refractivity contribution in [1.29, 1.82) is 0 Å². The van der Waals surface area contributed by atoms with Crippen molar-refractivity contribution in [3.63, 3.8) is 0 Å². The van der Waals surface area contributed by atoms with Gasteiger partial charge in [0.05, 0.1) is 5.69 Å². The van der Waals surface area contributed by atoms with E-state index in [1.165, 1.54) is 38.5 Å². The molecule has 28 heavy (non-hydrogen) atoms.